The van der Waals surface area contributed by atoms with Crippen LogP contribution in [0.4, 0.5) is 0 Å². The van der Waals surface area contributed by atoms with Gasteiger partial charge in [-0.05, 0) is 31.6 Å². The lowest BCUT2D eigenvalue weighted by Crippen LogP contribution is -2.23. The first-order valence-electron chi connectivity index (χ1n) is 5.74. The van der Waals surface area contributed by atoms with Gasteiger partial charge in [0, 0.05) is 6.61 Å². The van der Waals surface area contributed by atoms with Crippen molar-refractivity contribution in [1.82, 2.24) is 0 Å². The number of ether oxygens (including phenoxy) is 2. The Balaban J connectivity index is 1.70. The summed E-state index contributed by atoms with van der Waals surface area (Å²) in [6, 6.07) is 0. The Morgan fingerprint density at radius 2 is 2.20 bits per heavy atom. The van der Waals surface area contributed by atoms with Crippen molar-refractivity contribution >= 4 is 5.97 Å². The number of hydrogen-bond donors (Lipinski definition) is 0. The van der Waals surface area contributed by atoms with Crippen LogP contribution in [-0.4, -0.2) is 25.8 Å². The van der Waals surface area contributed by atoms with E-state index in [9.17, 15) is 4.79 Å². The van der Waals surface area contributed by atoms with Crippen molar-refractivity contribution in [2.45, 2.75) is 19.8 Å². The molecule has 0 aromatic heterocycles. The van der Waals surface area contributed by atoms with Crippen LogP contribution in [0.5, 0.6) is 0 Å². The zero-order valence-electron chi connectivity index (χ0n) is 9.15. The quantitative estimate of drug-likeness (QED) is 0.394. The smallest absolute Gasteiger partial charge is 0.309 e. The minimum atomic E-state index is -0.0356. The molecule has 3 nitrogen and oxygen atoms in total. The third-order valence-corrected chi connectivity index (χ3v) is 3.26. The molecule has 0 saturated heterocycles. The number of hydrogen-bond acceptors (Lipinski definition) is 3. The predicted molar refractivity (Wildman–Crippen MR) is 56.3 cm³/mol. The molecule has 3 heteroatoms. The van der Waals surface area contributed by atoms with E-state index in [1.54, 1.807) is 0 Å². The summed E-state index contributed by atoms with van der Waals surface area (Å²) in [7, 11) is 0. The van der Waals surface area contributed by atoms with Crippen LogP contribution in [0.1, 0.15) is 19.8 Å². The summed E-state index contributed by atoms with van der Waals surface area (Å²) in [5, 5.41) is 0. The van der Waals surface area contributed by atoms with Gasteiger partial charge in [0.25, 0.3) is 0 Å². The number of carbonyl (C=O) groups is 1. The summed E-state index contributed by atoms with van der Waals surface area (Å²) in [6.07, 6.45) is 6.52. The molecule has 0 amide bonds. The van der Waals surface area contributed by atoms with Crippen molar-refractivity contribution in [2.24, 2.45) is 17.8 Å². The van der Waals surface area contributed by atoms with Gasteiger partial charge in [0.2, 0.25) is 0 Å². The normalized spacial score (nSPS) is 32.2. The van der Waals surface area contributed by atoms with Gasteiger partial charge in [0.05, 0.1) is 12.5 Å². The van der Waals surface area contributed by atoms with Gasteiger partial charge in [-0.3, -0.25) is 4.79 Å². The fourth-order valence-corrected chi connectivity index (χ4v) is 2.50. The molecule has 2 aliphatic carbocycles. The highest BCUT2D eigenvalue weighted by Gasteiger charge is 2.40. The molecule has 0 spiro atoms. The maximum atomic E-state index is 11.7. The first-order chi connectivity index (χ1) is 7.31. The van der Waals surface area contributed by atoms with Crippen LogP contribution in [0.15, 0.2) is 12.2 Å². The van der Waals surface area contributed by atoms with Crippen LogP contribution in [0.25, 0.3) is 0 Å². The summed E-state index contributed by atoms with van der Waals surface area (Å²) >= 11 is 0. The molecule has 3 atom stereocenters. The molecular weight excluding hydrogens is 192 g/mol. The lowest BCUT2D eigenvalue weighted by molar-refractivity contribution is -0.150. The second-order valence-electron chi connectivity index (χ2n) is 4.25. The molecule has 0 aromatic carbocycles. The van der Waals surface area contributed by atoms with Crippen LogP contribution in [0.2, 0.25) is 0 Å². The molecule has 0 aromatic rings. The molecule has 0 radical (unpaired) electrons. The Morgan fingerprint density at radius 1 is 1.33 bits per heavy atom. The summed E-state index contributed by atoms with van der Waals surface area (Å²) in [6.45, 7) is 3.51. The fraction of sp³-hybridized carbons (Fsp3) is 0.750. The van der Waals surface area contributed by atoms with Gasteiger partial charge < -0.3 is 9.47 Å². The van der Waals surface area contributed by atoms with Gasteiger partial charge >= 0.3 is 5.97 Å². The van der Waals surface area contributed by atoms with Gasteiger partial charge in [-0.15, -0.1) is 0 Å². The van der Waals surface area contributed by atoms with E-state index in [0.717, 1.165) is 12.8 Å². The van der Waals surface area contributed by atoms with E-state index in [4.69, 9.17) is 9.47 Å². The second-order valence-corrected chi connectivity index (χ2v) is 4.25. The number of fused-ring (bicyclic) bond motifs is 2. The van der Waals surface area contributed by atoms with Crippen molar-refractivity contribution in [3.63, 3.8) is 0 Å². The zero-order chi connectivity index (χ0) is 10.7. The molecule has 0 N–H and O–H groups in total. The highest BCUT2D eigenvalue weighted by atomic mass is 16.6. The van der Waals surface area contributed by atoms with Crippen LogP contribution in [0, 0.1) is 17.8 Å². The Morgan fingerprint density at radius 3 is 2.80 bits per heavy atom. The van der Waals surface area contributed by atoms with Crippen molar-refractivity contribution < 1.29 is 14.3 Å². The Hall–Kier alpha value is -0.830. The Kier molecular flexibility index (Phi) is 3.41. The largest absolute Gasteiger partial charge is 0.463 e. The lowest BCUT2D eigenvalue weighted by atomic mass is 9.94. The average Bonchev–Trinajstić information content (AvgIpc) is 2.85. The third kappa shape index (κ3) is 2.40. The van der Waals surface area contributed by atoms with E-state index in [0.29, 0.717) is 31.7 Å². The second kappa shape index (κ2) is 4.79. The monoisotopic (exact) mass is 210 g/mol. The minimum absolute atomic E-state index is 0.0356. The van der Waals surface area contributed by atoms with Crippen LogP contribution < -0.4 is 0 Å². The van der Waals surface area contributed by atoms with E-state index in [1.165, 1.54) is 0 Å². The lowest BCUT2D eigenvalue weighted by Gasteiger charge is -2.16. The van der Waals surface area contributed by atoms with E-state index < -0.39 is 0 Å². The maximum Gasteiger partial charge on any atom is 0.309 e. The first kappa shape index (κ1) is 10.7. The summed E-state index contributed by atoms with van der Waals surface area (Å²) < 4.78 is 10.3. The number of allylic oxidation sites excluding steroid dienone is 2. The van der Waals surface area contributed by atoms with E-state index >= 15 is 0 Å². The van der Waals surface area contributed by atoms with Crippen LogP contribution in [-0.2, 0) is 14.3 Å². The van der Waals surface area contributed by atoms with Crippen molar-refractivity contribution in [3.8, 4) is 0 Å². The molecule has 2 rings (SSSR count). The molecule has 15 heavy (non-hydrogen) atoms. The molecule has 2 bridgehead atoms. The van der Waals surface area contributed by atoms with Crippen LogP contribution in [0.3, 0.4) is 0 Å². The number of rotatable bonds is 5. The van der Waals surface area contributed by atoms with E-state index in [-0.39, 0.29) is 11.9 Å². The Bertz CT molecular complexity index is 260. The van der Waals surface area contributed by atoms with Crippen molar-refractivity contribution in [3.05, 3.63) is 12.2 Å². The molecule has 0 unspecified atom stereocenters. The molecular formula is C12H18O3. The van der Waals surface area contributed by atoms with Crippen LogP contribution >= 0.6 is 0 Å². The summed E-state index contributed by atoms with van der Waals surface area (Å²) in [5.41, 5.74) is 0. The van der Waals surface area contributed by atoms with E-state index in [2.05, 4.69) is 12.2 Å². The molecule has 1 saturated carbocycles. The predicted octanol–water partition coefficient (Wildman–Crippen LogP) is 1.78. The molecule has 0 heterocycles. The SMILES string of the molecule is CCOCCOC(=O)[C@@H]1C[C@H]2C=C[C@H]1C2. The van der Waals surface area contributed by atoms with Gasteiger partial charge in [0.1, 0.15) is 6.61 Å². The Labute approximate surface area is 90.4 Å². The summed E-state index contributed by atoms with van der Waals surface area (Å²) in [4.78, 5) is 11.7. The maximum absolute atomic E-state index is 11.7. The van der Waals surface area contributed by atoms with Gasteiger partial charge in [0.15, 0.2) is 0 Å². The highest BCUT2D eigenvalue weighted by molar-refractivity contribution is 5.74. The minimum Gasteiger partial charge on any atom is -0.463 e. The van der Waals surface area contributed by atoms with Gasteiger partial charge in [-0.1, -0.05) is 12.2 Å². The van der Waals surface area contributed by atoms with Gasteiger partial charge in [-0.2, -0.15) is 0 Å². The van der Waals surface area contributed by atoms with Gasteiger partial charge in [-0.25, -0.2) is 0 Å². The average molecular weight is 210 g/mol. The van der Waals surface area contributed by atoms with E-state index in [1.807, 2.05) is 6.92 Å². The third-order valence-electron chi connectivity index (χ3n) is 3.26. The fourth-order valence-electron chi connectivity index (χ4n) is 2.50. The highest BCUT2D eigenvalue weighted by Crippen LogP contribution is 2.43. The standard InChI is InChI=1S/C12H18O3/c1-2-14-5-6-15-12(13)11-8-9-3-4-10(11)7-9/h3-4,9-11H,2,5-8H2,1H3/t9-,10-,11+/m0/s1. The van der Waals surface area contributed by atoms with Crippen molar-refractivity contribution in [2.75, 3.05) is 19.8 Å². The molecule has 84 valence electrons. The topological polar surface area (TPSA) is 35.5 Å². The first-order valence-corrected chi connectivity index (χ1v) is 5.74. The molecule has 0 aliphatic heterocycles. The number of carbonyl (C=O) groups excluding carboxylic acids is 1. The molecule has 2 aliphatic rings. The van der Waals surface area contributed by atoms with Crippen molar-refractivity contribution in [1.29, 1.82) is 0 Å². The zero-order valence-corrected chi connectivity index (χ0v) is 9.15. The summed E-state index contributed by atoms with van der Waals surface area (Å²) in [5.74, 6) is 1.14. The number of esters is 1. The molecule has 1 fully saturated rings.